The number of amides is 1. The maximum Gasteiger partial charge on any atom is 0.290 e. The summed E-state index contributed by atoms with van der Waals surface area (Å²) in [6.07, 6.45) is 3.76. The first-order valence-electron chi connectivity index (χ1n) is 8.41. The van der Waals surface area contributed by atoms with Crippen LogP contribution in [0, 0.1) is 0 Å². The molecule has 1 aliphatic rings. The van der Waals surface area contributed by atoms with Gasteiger partial charge in [0.2, 0.25) is 0 Å². The quantitative estimate of drug-likeness (QED) is 0.786. The van der Waals surface area contributed by atoms with Crippen molar-refractivity contribution in [1.29, 1.82) is 0 Å². The summed E-state index contributed by atoms with van der Waals surface area (Å²) in [7, 11) is 0. The number of hydrogen-bond donors (Lipinski definition) is 1. The smallest absolute Gasteiger partial charge is 0.290 e. The Hall–Kier alpha value is -3.02. The van der Waals surface area contributed by atoms with Crippen LogP contribution in [0.4, 0.5) is 0 Å². The predicted octanol–water partition coefficient (Wildman–Crippen LogP) is 3.81. The number of carbonyl (C=O) groups is 1. The van der Waals surface area contributed by atoms with Crippen molar-refractivity contribution in [2.75, 3.05) is 13.1 Å². The van der Waals surface area contributed by atoms with Crippen LogP contribution < -0.4 is 4.74 Å². The van der Waals surface area contributed by atoms with E-state index in [0.717, 1.165) is 25.1 Å². The number of para-hydroxylation sites is 1. The number of piperidine rings is 1. The fourth-order valence-corrected chi connectivity index (χ4v) is 3.16. The number of H-pyrrole nitrogens is 1. The lowest BCUT2D eigenvalue weighted by molar-refractivity contribution is 0.0668. The second kappa shape index (κ2) is 6.84. The second-order valence-corrected chi connectivity index (χ2v) is 6.14. The van der Waals surface area contributed by atoms with Gasteiger partial charge in [-0.15, -0.1) is 0 Å². The normalized spacial score (nSPS) is 17.4. The maximum absolute atomic E-state index is 12.7. The lowest BCUT2D eigenvalue weighted by Gasteiger charge is -2.31. The molecule has 4 rings (SSSR count). The van der Waals surface area contributed by atoms with E-state index in [9.17, 15) is 4.79 Å². The molecular weight excluding hydrogens is 318 g/mol. The van der Waals surface area contributed by atoms with E-state index in [2.05, 4.69) is 10.2 Å². The van der Waals surface area contributed by atoms with Gasteiger partial charge >= 0.3 is 0 Å². The topological polar surface area (TPSA) is 71.4 Å². The van der Waals surface area contributed by atoms with Gasteiger partial charge in [-0.1, -0.05) is 18.2 Å². The Labute approximate surface area is 145 Å². The van der Waals surface area contributed by atoms with E-state index in [0.29, 0.717) is 24.0 Å². The zero-order valence-electron chi connectivity index (χ0n) is 13.7. The first-order chi connectivity index (χ1) is 12.3. The summed E-state index contributed by atoms with van der Waals surface area (Å²) in [6.45, 7) is 1.40. The van der Waals surface area contributed by atoms with E-state index >= 15 is 0 Å². The van der Waals surface area contributed by atoms with Crippen LogP contribution in [0.2, 0.25) is 0 Å². The predicted molar refractivity (Wildman–Crippen MR) is 91.7 cm³/mol. The number of furan rings is 1. The minimum absolute atomic E-state index is 0.105. The van der Waals surface area contributed by atoms with Crippen LogP contribution in [0.1, 0.15) is 35.0 Å². The summed E-state index contributed by atoms with van der Waals surface area (Å²) in [5.74, 6) is 1.48. The molecule has 1 amide bonds. The number of ether oxygens (including phenoxy) is 1. The molecule has 1 atom stereocenters. The van der Waals surface area contributed by atoms with Gasteiger partial charge in [-0.3, -0.25) is 9.89 Å². The van der Waals surface area contributed by atoms with Gasteiger partial charge in [0.05, 0.1) is 0 Å². The molecular formula is C19H19N3O3. The number of likely N-dealkylation sites (tertiary alicyclic amines) is 1. The van der Waals surface area contributed by atoms with E-state index in [-0.39, 0.29) is 11.8 Å². The Morgan fingerprint density at radius 3 is 2.88 bits per heavy atom. The highest BCUT2D eigenvalue weighted by Crippen LogP contribution is 2.28. The Balaban J connectivity index is 1.44. The van der Waals surface area contributed by atoms with Crippen LogP contribution in [-0.2, 0) is 0 Å². The number of rotatable bonds is 4. The molecule has 3 heterocycles. The van der Waals surface area contributed by atoms with Crippen LogP contribution in [0.25, 0.3) is 0 Å². The van der Waals surface area contributed by atoms with Crippen LogP contribution in [0.5, 0.6) is 11.7 Å². The first kappa shape index (κ1) is 15.5. The van der Waals surface area contributed by atoms with Gasteiger partial charge in [-0.05, 0) is 37.1 Å². The largest absolute Gasteiger partial charge is 0.426 e. The van der Waals surface area contributed by atoms with Crippen molar-refractivity contribution < 1.29 is 13.9 Å². The molecule has 6 nitrogen and oxygen atoms in total. The third kappa shape index (κ3) is 3.42. The molecule has 0 aliphatic carbocycles. The van der Waals surface area contributed by atoms with Crippen LogP contribution >= 0.6 is 0 Å². The molecule has 1 N–H and O–H groups in total. The molecule has 128 valence electrons. The van der Waals surface area contributed by atoms with Crippen molar-refractivity contribution in [3.8, 4) is 11.7 Å². The third-order valence-electron chi connectivity index (χ3n) is 4.42. The standard InChI is InChI=1S/C19H19N3O3/c23-19(22-12-4-5-14(13-22)16-10-11-20-21-16)17-8-9-18(25-17)24-15-6-2-1-3-7-15/h1-3,6-11,14H,4-5,12-13H2,(H,20,21). The number of aromatic amines is 1. The fraction of sp³-hybridized carbons (Fsp3) is 0.263. The summed E-state index contributed by atoms with van der Waals surface area (Å²) in [4.78, 5) is 14.6. The SMILES string of the molecule is O=C(c1ccc(Oc2ccccc2)o1)N1CCCC(c2ccn[nH]2)C1. The zero-order chi connectivity index (χ0) is 17.1. The Bertz CT molecular complexity index is 827. The van der Waals surface area contributed by atoms with Crippen LogP contribution in [0.15, 0.2) is 59.1 Å². The highest BCUT2D eigenvalue weighted by Gasteiger charge is 2.28. The van der Waals surface area contributed by atoms with E-state index in [4.69, 9.17) is 9.15 Å². The molecule has 3 aromatic rings. The molecule has 1 aliphatic heterocycles. The summed E-state index contributed by atoms with van der Waals surface area (Å²) >= 11 is 0. The van der Waals surface area contributed by atoms with Crippen molar-refractivity contribution in [1.82, 2.24) is 15.1 Å². The summed E-state index contributed by atoms with van der Waals surface area (Å²) in [6, 6.07) is 14.7. The van der Waals surface area contributed by atoms with Gasteiger partial charge in [0.25, 0.3) is 11.9 Å². The van der Waals surface area contributed by atoms with Crippen LogP contribution in [-0.4, -0.2) is 34.1 Å². The summed E-state index contributed by atoms with van der Waals surface area (Å²) in [5, 5.41) is 7.01. The second-order valence-electron chi connectivity index (χ2n) is 6.14. The molecule has 0 radical (unpaired) electrons. The van der Waals surface area contributed by atoms with E-state index in [1.165, 1.54) is 0 Å². The number of hydrogen-bond acceptors (Lipinski definition) is 4. The Morgan fingerprint density at radius 2 is 2.08 bits per heavy atom. The average molecular weight is 337 g/mol. The maximum atomic E-state index is 12.7. The van der Waals surface area contributed by atoms with Crippen molar-refractivity contribution in [2.45, 2.75) is 18.8 Å². The molecule has 2 aromatic heterocycles. The minimum Gasteiger partial charge on any atom is -0.426 e. The van der Waals surface area contributed by atoms with Gasteiger partial charge in [-0.25, -0.2) is 0 Å². The number of nitrogens with one attached hydrogen (secondary N) is 1. The number of carbonyl (C=O) groups excluding carboxylic acids is 1. The molecule has 0 bridgehead atoms. The molecule has 0 spiro atoms. The van der Waals surface area contributed by atoms with Crippen molar-refractivity contribution >= 4 is 5.91 Å². The van der Waals surface area contributed by atoms with Gasteiger partial charge in [-0.2, -0.15) is 5.10 Å². The molecule has 1 unspecified atom stereocenters. The first-order valence-corrected chi connectivity index (χ1v) is 8.41. The fourth-order valence-electron chi connectivity index (χ4n) is 3.16. The molecule has 6 heteroatoms. The molecule has 25 heavy (non-hydrogen) atoms. The lowest BCUT2D eigenvalue weighted by atomic mass is 9.95. The number of nitrogens with zero attached hydrogens (tertiary/aromatic N) is 2. The zero-order valence-corrected chi connectivity index (χ0v) is 13.7. The third-order valence-corrected chi connectivity index (χ3v) is 4.42. The van der Waals surface area contributed by atoms with Crippen molar-refractivity contribution in [3.63, 3.8) is 0 Å². The highest BCUT2D eigenvalue weighted by molar-refractivity contribution is 5.91. The molecule has 0 saturated carbocycles. The van der Waals surface area contributed by atoms with Gasteiger partial charge < -0.3 is 14.1 Å². The van der Waals surface area contributed by atoms with Crippen molar-refractivity contribution in [2.24, 2.45) is 0 Å². The highest BCUT2D eigenvalue weighted by atomic mass is 16.6. The monoisotopic (exact) mass is 337 g/mol. The van der Waals surface area contributed by atoms with Crippen LogP contribution in [0.3, 0.4) is 0 Å². The minimum atomic E-state index is -0.105. The van der Waals surface area contributed by atoms with Crippen molar-refractivity contribution in [3.05, 3.63) is 66.2 Å². The average Bonchev–Trinajstić information content (AvgIpc) is 3.34. The number of aromatic nitrogens is 2. The molecule has 1 aromatic carbocycles. The molecule has 1 saturated heterocycles. The van der Waals surface area contributed by atoms with E-state index < -0.39 is 0 Å². The van der Waals surface area contributed by atoms with E-state index in [1.54, 1.807) is 18.3 Å². The van der Waals surface area contributed by atoms with Gasteiger partial charge in [0.15, 0.2) is 5.76 Å². The Kier molecular flexibility index (Phi) is 4.24. The lowest BCUT2D eigenvalue weighted by Crippen LogP contribution is -2.39. The van der Waals surface area contributed by atoms with Gasteiger partial charge in [0.1, 0.15) is 5.75 Å². The van der Waals surface area contributed by atoms with E-state index in [1.807, 2.05) is 41.3 Å². The summed E-state index contributed by atoms with van der Waals surface area (Å²) in [5.41, 5.74) is 1.07. The Morgan fingerprint density at radius 1 is 1.20 bits per heavy atom. The number of benzene rings is 1. The summed E-state index contributed by atoms with van der Waals surface area (Å²) < 4.78 is 11.2. The molecule has 1 fully saturated rings. The van der Waals surface area contributed by atoms with Gasteiger partial charge in [0, 0.05) is 37.0 Å².